The lowest BCUT2D eigenvalue weighted by molar-refractivity contribution is 1.12. The Morgan fingerprint density at radius 3 is 2.38 bits per heavy atom. The third-order valence-electron chi connectivity index (χ3n) is 3.15. The average Bonchev–Trinajstić information content (AvgIpc) is 2.48. The van der Waals surface area contributed by atoms with Gasteiger partial charge in [-0.1, -0.05) is 48.5 Å². The first-order valence-electron chi connectivity index (χ1n) is 6.75. The molecule has 4 nitrogen and oxygen atoms in total. The minimum absolute atomic E-state index is 0.273. The van der Waals surface area contributed by atoms with Crippen molar-refractivity contribution in [3.05, 3.63) is 66.4 Å². The van der Waals surface area contributed by atoms with Crippen LogP contribution in [0.2, 0.25) is 0 Å². The summed E-state index contributed by atoms with van der Waals surface area (Å²) in [6.45, 7) is 1.90. The molecule has 0 aliphatic rings. The van der Waals surface area contributed by atoms with Gasteiger partial charge >= 0.3 is 0 Å². The van der Waals surface area contributed by atoms with Crippen LogP contribution >= 0.6 is 0 Å². The molecule has 0 fully saturated rings. The van der Waals surface area contributed by atoms with Crippen LogP contribution < -0.4 is 11.1 Å². The van der Waals surface area contributed by atoms with Crippen molar-refractivity contribution in [2.24, 2.45) is 0 Å². The summed E-state index contributed by atoms with van der Waals surface area (Å²) in [5.74, 6) is 0.970. The molecule has 0 radical (unpaired) electrons. The smallest absolute Gasteiger partial charge is 0.222 e. The molecular formula is C17H16N4. The molecule has 0 aliphatic carbocycles. The molecule has 104 valence electrons. The number of para-hydroxylation sites is 1. The molecule has 3 rings (SSSR count). The minimum atomic E-state index is 0.273. The summed E-state index contributed by atoms with van der Waals surface area (Å²) in [6, 6.07) is 20.2. The van der Waals surface area contributed by atoms with Crippen molar-refractivity contribution in [2.45, 2.75) is 6.92 Å². The SMILES string of the molecule is Cc1cc(Nc2ccccc2-c2ccccc2)nc(N)n1. The van der Waals surface area contributed by atoms with Crippen LogP contribution in [0.1, 0.15) is 5.69 Å². The van der Waals surface area contributed by atoms with Gasteiger partial charge in [0.25, 0.3) is 0 Å². The molecule has 0 unspecified atom stereocenters. The minimum Gasteiger partial charge on any atom is -0.368 e. The number of anilines is 3. The second-order valence-electron chi connectivity index (χ2n) is 4.79. The zero-order chi connectivity index (χ0) is 14.7. The molecule has 21 heavy (non-hydrogen) atoms. The second kappa shape index (κ2) is 5.63. The Labute approximate surface area is 123 Å². The van der Waals surface area contributed by atoms with E-state index in [1.807, 2.05) is 49.4 Å². The molecular weight excluding hydrogens is 260 g/mol. The van der Waals surface area contributed by atoms with Crippen LogP contribution in [0.15, 0.2) is 60.7 Å². The predicted molar refractivity (Wildman–Crippen MR) is 86.3 cm³/mol. The zero-order valence-corrected chi connectivity index (χ0v) is 11.7. The lowest BCUT2D eigenvalue weighted by Crippen LogP contribution is -2.02. The summed E-state index contributed by atoms with van der Waals surface area (Å²) >= 11 is 0. The first-order chi connectivity index (χ1) is 10.2. The van der Waals surface area contributed by atoms with Crippen LogP contribution in [0.3, 0.4) is 0 Å². The summed E-state index contributed by atoms with van der Waals surface area (Å²) < 4.78 is 0. The van der Waals surface area contributed by atoms with Gasteiger partial charge in [-0.3, -0.25) is 0 Å². The van der Waals surface area contributed by atoms with Gasteiger partial charge < -0.3 is 11.1 Å². The fraction of sp³-hybridized carbons (Fsp3) is 0.0588. The molecule has 3 aromatic rings. The molecule has 0 amide bonds. The van der Waals surface area contributed by atoms with Gasteiger partial charge in [-0.15, -0.1) is 0 Å². The highest BCUT2D eigenvalue weighted by Gasteiger charge is 2.06. The predicted octanol–water partition coefficient (Wildman–Crippen LogP) is 3.78. The van der Waals surface area contributed by atoms with Crippen molar-refractivity contribution >= 4 is 17.5 Å². The fourth-order valence-corrected chi connectivity index (χ4v) is 2.26. The van der Waals surface area contributed by atoms with Crippen molar-refractivity contribution in [2.75, 3.05) is 11.1 Å². The Balaban J connectivity index is 2.00. The van der Waals surface area contributed by atoms with E-state index < -0.39 is 0 Å². The highest BCUT2D eigenvalue weighted by Crippen LogP contribution is 2.29. The number of nitrogen functional groups attached to an aromatic ring is 1. The third kappa shape index (κ3) is 3.00. The summed E-state index contributed by atoms with van der Waals surface area (Å²) in [7, 11) is 0. The Hall–Kier alpha value is -2.88. The number of hydrogen-bond acceptors (Lipinski definition) is 4. The molecule has 1 heterocycles. The number of aryl methyl sites for hydroxylation is 1. The lowest BCUT2D eigenvalue weighted by Gasteiger charge is -2.12. The first-order valence-corrected chi connectivity index (χ1v) is 6.75. The number of aromatic nitrogens is 2. The Morgan fingerprint density at radius 1 is 0.905 bits per heavy atom. The summed E-state index contributed by atoms with van der Waals surface area (Å²) in [4.78, 5) is 8.30. The highest BCUT2D eigenvalue weighted by atomic mass is 15.1. The molecule has 0 atom stereocenters. The molecule has 4 heteroatoms. The van der Waals surface area contributed by atoms with Crippen LogP contribution in [0.5, 0.6) is 0 Å². The third-order valence-corrected chi connectivity index (χ3v) is 3.15. The maximum atomic E-state index is 5.70. The molecule has 0 spiro atoms. The monoisotopic (exact) mass is 276 g/mol. The Bertz CT molecular complexity index is 733. The Kier molecular flexibility index (Phi) is 3.51. The van der Waals surface area contributed by atoms with E-state index in [1.54, 1.807) is 0 Å². The number of hydrogen-bond donors (Lipinski definition) is 2. The van der Waals surface area contributed by atoms with Crippen molar-refractivity contribution in [3.8, 4) is 11.1 Å². The van der Waals surface area contributed by atoms with Gasteiger partial charge in [0, 0.05) is 23.0 Å². The van der Waals surface area contributed by atoms with E-state index in [4.69, 9.17) is 5.73 Å². The largest absolute Gasteiger partial charge is 0.368 e. The van der Waals surface area contributed by atoms with E-state index >= 15 is 0 Å². The van der Waals surface area contributed by atoms with E-state index in [1.165, 1.54) is 0 Å². The van der Waals surface area contributed by atoms with Crippen LogP contribution in [0, 0.1) is 6.92 Å². The van der Waals surface area contributed by atoms with Gasteiger partial charge in [-0.05, 0) is 18.6 Å². The highest BCUT2D eigenvalue weighted by molar-refractivity contribution is 5.80. The van der Waals surface area contributed by atoms with Gasteiger partial charge in [0.1, 0.15) is 5.82 Å². The van der Waals surface area contributed by atoms with Gasteiger partial charge in [-0.2, -0.15) is 4.98 Å². The molecule has 3 N–H and O–H groups in total. The number of rotatable bonds is 3. The van der Waals surface area contributed by atoms with Gasteiger partial charge in [0.05, 0.1) is 0 Å². The number of nitrogens with two attached hydrogens (primary N) is 1. The van der Waals surface area contributed by atoms with Crippen molar-refractivity contribution in [1.82, 2.24) is 9.97 Å². The average molecular weight is 276 g/mol. The normalized spacial score (nSPS) is 10.3. The number of nitrogens with one attached hydrogen (secondary N) is 1. The van der Waals surface area contributed by atoms with Crippen LogP contribution in [-0.2, 0) is 0 Å². The van der Waals surface area contributed by atoms with Crippen molar-refractivity contribution in [1.29, 1.82) is 0 Å². The number of benzene rings is 2. The van der Waals surface area contributed by atoms with E-state index in [2.05, 4.69) is 33.5 Å². The standard InChI is InChI=1S/C17H16N4/c1-12-11-16(21-17(18)19-12)20-15-10-6-5-9-14(15)13-7-3-2-4-8-13/h2-11H,1H3,(H3,18,19,20,21). The summed E-state index contributed by atoms with van der Waals surface area (Å²) in [5, 5.41) is 3.32. The summed E-state index contributed by atoms with van der Waals surface area (Å²) in [5.41, 5.74) is 9.79. The zero-order valence-electron chi connectivity index (χ0n) is 11.7. The fourth-order valence-electron chi connectivity index (χ4n) is 2.26. The summed E-state index contributed by atoms with van der Waals surface area (Å²) in [6.07, 6.45) is 0. The second-order valence-corrected chi connectivity index (χ2v) is 4.79. The van der Waals surface area contributed by atoms with Crippen LogP contribution in [-0.4, -0.2) is 9.97 Å². The van der Waals surface area contributed by atoms with Gasteiger partial charge in [0.2, 0.25) is 5.95 Å². The topological polar surface area (TPSA) is 63.8 Å². The lowest BCUT2D eigenvalue weighted by atomic mass is 10.0. The molecule has 2 aromatic carbocycles. The van der Waals surface area contributed by atoms with E-state index in [9.17, 15) is 0 Å². The molecule has 0 bridgehead atoms. The number of nitrogens with zero attached hydrogens (tertiary/aromatic N) is 2. The molecule has 0 aliphatic heterocycles. The van der Waals surface area contributed by atoms with E-state index in [-0.39, 0.29) is 5.95 Å². The van der Waals surface area contributed by atoms with Gasteiger partial charge in [0.15, 0.2) is 0 Å². The van der Waals surface area contributed by atoms with Crippen molar-refractivity contribution in [3.63, 3.8) is 0 Å². The van der Waals surface area contributed by atoms with Gasteiger partial charge in [-0.25, -0.2) is 4.98 Å². The first kappa shape index (κ1) is 13.1. The molecule has 0 saturated carbocycles. The van der Waals surface area contributed by atoms with Crippen LogP contribution in [0.4, 0.5) is 17.5 Å². The van der Waals surface area contributed by atoms with E-state index in [0.29, 0.717) is 5.82 Å². The Morgan fingerprint density at radius 2 is 1.62 bits per heavy atom. The quantitative estimate of drug-likeness (QED) is 0.764. The maximum absolute atomic E-state index is 5.70. The van der Waals surface area contributed by atoms with Crippen molar-refractivity contribution < 1.29 is 0 Å². The van der Waals surface area contributed by atoms with E-state index in [0.717, 1.165) is 22.5 Å². The molecule has 1 aromatic heterocycles. The maximum Gasteiger partial charge on any atom is 0.222 e. The van der Waals surface area contributed by atoms with Crippen LogP contribution in [0.25, 0.3) is 11.1 Å². The molecule has 0 saturated heterocycles.